The van der Waals surface area contributed by atoms with E-state index in [-0.39, 0.29) is 29.3 Å². The second-order valence-corrected chi connectivity index (χ2v) is 6.64. The summed E-state index contributed by atoms with van der Waals surface area (Å²) in [4.78, 5) is 23.2. The highest BCUT2D eigenvalue weighted by atomic mass is 16.6. The van der Waals surface area contributed by atoms with E-state index in [1.54, 1.807) is 6.08 Å². The van der Waals surface area contributed by atoms with Gasteiger partial charge in [-0.15, -0.1) is 0 Å². The number of carbonyl (C=O) groups excluding carboxylic acids is 1. The van der Waals surface area contributed by atoms with E-state index < -0.39 is 16.4 Å². The summed E-state index contributed by atoms with van der Waals surface area (Å²) in [6.07, 6.45) is 3.47. The predicted octanol–water partition coefficient (Wildman–Crippen LogP) is 3.96. The van der Waals surface area contributed by atoms with E-state index in [0.717, 1.165) is 12.8 Å². The predicted molar refractivity (Wildman–Crippen MR) is 91.0 cm³/mol. The fourth-order valence-corrected chi connectivity index (χ4v) is 3.19. The molecule has 2 atom stereocenters. The van der Waals surface area contributed by atoms with Gasteiger partial charge < -0.3 is 9.84 Å². The van der Waals surface area contributed by atoms with E-state index in [4.69, 9.17) is 4.74 Å². The number of hydrogen-bond donors (Lipinski definition) is 1. The van der Waals surface area contributed by atoms with Gasteiger partial charge in [-0.05, 0) is 48.0 Å². The molecular formula is C18H23NO5. The lowest BCUT2D eigenvalue weighted by Crippen LogP contribution is -2.30. The summed E-state index contributed by atoms with van der Waals surface area (Å²) < 4.78 is 5.01. The normalized spacial score (nSPS) is 22.9. The van der Waals surface area contributed by atoms with Gasteiger partial charge in [0.05, 0.1) is 12.0 Å². The molecule has 1 aliphatic rings. The lowest BCUT2D eigenvalue weighted by Gasteiger charge is -2.30. The van der Waals surface area contributed by atoms with Crippen molar-refractivity contribution in [3.05, 3.63) is 33.4 Å². The fraction of sp³-hybridized carbons (Fsp3) is 0.500. The van der Waals surface area contributed by atoms with Crippen molar-refractivity contribution in [2.45, 2.75) is 33.6 Å². The number of rotatable bonds is 4. The first-order valence-corrected chi connectivity index (χ1v) is 8.07. The minimum absolute atomic E-state index is 0.0125. The molecule has 130 valence electrons. The third-order valence-corrected chi connectivity index (χ3v) is 4.68. The van der Waals surface area contributed by atoms with Gasteiger partial charge in [0.25, 0.3) is 0 Å². The molecule has 0 aliphatic heterocycles. The van der Waals surface area contributed by atoms with Crippen LogP contribution < -0.4 is 4.74 Å². The lowest BCUT2D eigenvalue weighted by atomic mass is 9.73. The Morgan fingerprint density at radius 3 is 2.58 bits per heavy atom. The highest BCUT2D eigenvalue weighted by molar-refractivity contribution is 6.02. The minimum Gasteiger partial charge on any atom is -0.500 e. The Bertz CT molecular complexity index is 693. The standard InChI is InChI=1S/C18H23NO5/c1-10(2)13-6-5-11(3)14(17(13)20)7-12-8-15(19(22)23)18(21)16(9-12)24-4/h7-11,13,21H,5-6H2,1-4H3/t11-,13-/m1/s1. The molecule has 0 bridgehead atoms. The number of phenolic OH excluding ortho intramolecular Hbond substituents is 1. The zero-order valence-electron chi connectivity index (χ0n) is 14.4. The van der Waals surface area contributed by atoms with E-state index in [2.05, 4.69) is 0 Å². The Morgan fingerprint density at radius 2 is 2.04 bits per heavy atom. The number of phenols is 1. The zero-order chi connectivity index (χ0) is 18.0. The summed E-state index contributed by atoms with van der Waals surface area (Å²) in [5.74, 6) is -0.0246. The average molecular weight is 333 g/mol. The van der Waals surface area contributed by atoms with Gasteiger partial charge in [-0.2, -0.15) is 0 Å². The minimum atomic E-state index is -0.664. The number of nitrogens with zero attached hydrogens (tertiary/aromatic N) is 1. The molecule has 1 saturated carbocycles. The number of carbonyl (C=O) groups is 1. The molecule has 0 unspecified atom stereocenters. The van der Waals surface area contributed by atoms with Crippen molar-refractivity contribution in [1.82, 2.24) is 0 Å². The van der Waals surface area contributed by atoms with Crippen LogP contribution in [0, 0.1) is 27.9 Å². The number of benzene rings is 1. The van der Waals surface area contributed by atoms with Crippen molar-refractivity contribution < 1.29 is 19.6 Å². The molecule has 24 heavy (non-hydrogen) atoms. The summed E-state index contributed by atoms with van der Waals surface area (Å²) in [7, 11) is 1.33. The number of nitro groups is 1. The number of ketones is 1. The quantitative estimate of drug-likeness (QED) is 0.511. The first-order chi connectivity index (χ1) is 11.3. The van der Waals surface area contributed by atoms with Gasteiger partial charge in [0.1, 0.15) is 0 Å². The molecule has 1 aromatic carbocycles. The van der Waals surface area contributed by atoms with Crippen LogP contribution >= 0.6 is 0 Å². The summed E-state index contributed by atoms with van der Waals surface area (Å²) in [5, 5.41) is 21.0. The Kier molecular flexibility index (Phi) is 5.26. The maximum Gasteiger partial charge on any atom is 0.315 e. The number of allylic oxidation sites excluding steroid dienone is 1. The second-order valence-electron chi connectivity index (χ2n) is 6.64. The number of nitro benzene ring substituents is 1. The molecule has 6 heteroatoms. The second kappa shape index (κ2) is 7.03. The van der Waals surface area contributed by atoms with Gasteiger partial charge in [-0.3, -0.25) is 14.9 Å². The maximum atomic E-state index is 12.7. The smallest absolute Gasteiger partial charge is 0.315 e. The van der Waals surface area contributed by atoms with Crippen LogP contribution in [0.4, 0.5) is 5.69 Å². The monoisotopic (exact) mass is 333 g/mol. The number of aromatic hydroxyl groups is 1. The van der Waals surface area contributed by atoms with Gasteiger partial charge in [0.2, 0.25) is 5.75 Å². The van der Waals surface area contributed by atoms with Crippen LogP contribution in [-0.4, -0.2) is 22.9 Å². The summed E-state index contributed by atoms with van der Waals surface area (Å²) in [6, 6.07) is 2.78. The van der Waals surface area contributed by atoms with E-state index in [1.807, 2.05) is 20.8 Å². The topological polar surface area (TPSA) is 89.7 Å². The Morgan fingerprint density at radius 1 is 1.38 bits per heavy atom. The summed E-state index contributed by atoms with van der Waals surface area (Å²) >= 11 is 0. The molecular weight excluding hydrogens is 310 g/mol. The highest BCUT2D eigenvalue weighted by Gasteiger charge is 2.33. The molecule has 0 saturated heterocycles. The van der Waals surface area contributed by atoms with Crippen molar-refractivity contribution >= 4 is 17.5 Å². The molecule has 0 radical (unpaired) electrons. The fourth-order valence-electron chi connectivity index (χ4n) is 3.19. The van der Waals surface area contributed by atoms with Crippen molar-refractivity contribution in [2.24, 2.45) is 17.8 Å². The third-order valence-electron chi connectivity index (χ3n) is 4.68. The van der Waals surface area contributed by atoms with Crippen LogP contribution in [0.3, 0.4) is 0 Å². The average Bonchev–Trinajstić information content (AvgIpc) is 2.51. The van der Waals surface area contributed by atoms with Crippen LogP contribution in [0.15, 0.2) is 17.7 Å². The molecule has 0 spiro atoms. The molecule has 0 amide bonds. The largest absolute Gasteiger partial charge is 0.500 e. The van der Waals surface area contributed by atoms with Crippen molar-refractivity contribution in [2.75, 3.05) is 7.11 Å². The van der Waals surface area contributed by atoms with E-state index in [0.29, 0.717) is 11.1 Å². The molecule has 0 aromatic heterocycles. The maximum absolute atomic E-state index is 12.7. The zero-order valence-corrected chi connectivity index (χ0v) is 14.4. The van der Waals surface area contributed by atoms with Crippen LogP contribution in [0.2, 0.25) is 0 Å². The van der Waals surface area contributed by atoms with Crippen LogP contribution in [-0.2, 0) is 4.79 Å². The van der Waals surface area contributed by atoms with Gasteiger partial charge in [-0.1, -0.05) is 20.8 Å². The molecule has 1 N–H and O–H groups in total. The van der Waals surface area contributed by atoms with Gasteiger partial charge >= 0.3 is 5.69 Å². The SMILES string of the molecule is COc1cc(C=C2C(=O)[C@@H](C(C)C)CC[C@H]2C)cc([N+](=O)[O-])c1O. The third kappa shape index (κ3) is 3.42. The Labute approximate surface area is 141 Å². The van der Waals surface area contributed by atoms with Gasteiger partial charge in [-0.25, -0.2) is 0 Å². The number of ether oxygens (including phenoxy) is 1. The van der Waals surface area contributed by atoms with Crippen LogP contribution in [0.5, 0.6) is 11.5 Å². The molecule has 1 aromatic rings. The van der Waals surface area contributed by atoms with Gasteiger partial charge in [0.15, 0.2) is 11.5 Å². The van der Waals surface area contributed by atoms with E-state index in [9.17, 15) is 20.0 Å². The van der Waals surface area contributed by atoms with E-state index >= 15 is 0 Å². The first kappa shape index (κ1) is 18.0. The molecule has 1 fully saturated rings. The lowest BCUT2D eigenvalue weighted by molar-refractivity contribution is -0.386. The van der Waals surface area contributed by atoms with Crippen molar-refractivity contribution in [3.63, 3.8) is 0 Å². The number of hydrogen-bond acceptors (Lipinski definition) is 5. The molecule has 6 nitrogen and oxygen atoms in total. The van der Waals surface area contributed by atoms with Crippen molar-refractivity contribution in [3.8, 4) is 11.5 Å². The first-order valence-electron chi connectivity index (χ1n) is 8.07. The molecule has 2 rings (SSSR count). The van der Waals surface area contributed by atoms with Gasteiger partial charge in [0, 0.05) is 12.0 Å². The van der Waals surface area contributed by atoms with E-state index in [1.165, 1.54) is 19.2 Å². The summed E-state index contributed by atoms with van der Waals surface area (Å²) in [6.45, 7) is 6.06. The van der Waals surface area contributed by atoms with Crippen LogP contribution in [0.25, 0.3) is 6.08 Å². The number of methoxy groups -OCH3 is 1. The Balaban J connectivity index is 2.50. The molecule has 1 aliphatic carbocycles. The highest BCUT2D eigenvalue weighted by Crippen LogP contribution is 2.39. The van der Waals surface area contributed by atoms with Crippen LogP contribution in [0.1, 0.15) is 39.2 Å². The number of Topliss-reactive ketones (excluding diaryl/α,β-unsaturated/α-hetero) is 1. The summed E-state index contributed by atoms with van der Waals surface area (Å²) in [5.41, 5.74) is 0.732. The Hall–Kier alpha value is -2.37. The van der Waals surface area contributed by atoms with Crippen molar-refractivity contribution in [1.29, 1.82) is 0 Å². The molecule has 0 heterocycles.